The number of fused-ring (bicyclic) bond motifs is 1. The number of nitrogens with one attached hydrogen (secondary N) is 2. The highest BCUT2D eigenvalue weighted by atomic mass is 32.1. The van der Waals surface area contributed by atoms with Crippen LogP contribution in [0.4, 0.5) is 5.82 Å². The van der Waals surface area contributed by atoms with Crippen molar-refractivity contribution < 1.29 is 4.79 Å². The van der Waals surface area contributed by atoms with Crippen molar-refractivity contribution in [2.24, 2.45) is 0 Å². The maximum Gasteiger partial charge on any atom is 0.231 e. The Morgan fingerprint density at radius 2 is 2.33 bits per heavy atom. The zero-order valence-electron chi connectivity index (χ0n) is 12.2. The summed E-state index contributed by atoms with van der Waals surface area (Å²) >= 11 is 1.54. The molecular weight excluding hydrogens is 286 g/mol. The Morgan fingerprint density at radius 1 is 1.52 bits per heavy atom. The van der Waals surface area contributed by atoms with Gasteiger partial charge in [-0.25, -0.2) is 4.98 Å². The third kappa shape index (κ3) is 2.82. The van der Waals surface area contributed by atoms with E-state index in [1.807, 2.05) is 29.0 Å². The summed E-state index contributed by atoms with van der Waals surface area (Å²) in [5.74, 6) is 0.841. The van der Waals surface area contributed by atoms with E-state index in [1.54, 1.807) is 11.3 Å². The van der Waals surface area contributed by atoms with E-state index in [0.29, 0.717) is 18.2 Å². The van der Waals surface area contributed by atoms with Crippen molar-refractivity contribution >= 4 is 28.0 Å². The number of amides is 1. The Morgan fingerprint density at radius 3 is 3.05 bits per heavy atom. The van der Waals surface area contributed by atoms with Crippen LogP contribution in [-0.2, 0) is 11.2 Å². The van der Waals surface area contributed by atoms with Crippen molar-refractivity contribution in [3.8, 4) is 0 Å². The van der Waals surface area contributed by atoms with E-state index in [0.717, 1.165) is 22.0 Å². The lowest BCUT2D eigenvalue weighted by atomic mass is 10.1. The smallest absolute Gasteiger partial charge is 0.231 e. The van der Waals surface area contributed by atoms with Crippen LogP contribution < -0.4 is 5.32 Å². The molecule has 2 N–H and O–H groups in total. The van der Waals surface area contributed by atoms with Gasteiger partial charge in [-0.15, -0.1) is 11.3 Å². The Hall–Kier alpha value is -2.15. The van der Waals surface area contributed by atoms with Crippen molar-refractivity contribution in [2.45, 2.75) is 33.1 Å². The van der Waals surface area contributed by atoms with Crippen LogP contribution in [0.3, 0.4) is 0 Å². The SMILES string of the molecule is Cc1cn2c(CC(=O)Nc3cc(C(C)C)[nH]n3)csc2n1. The number of H-pyrrole nitrogens is 1. The molecule has 0 aliphatic carbocycles. The minimum absolute atomic E-state index is 0.0807. The maximum absolute atomic E-state index is 12.1. The van der Waals surface area contributed by atoms with Crippen molar-refractivity contribution in [3.05, 3.63) is 34.7 Å². The van der Waals surface area contributed by atoms with Crippen LogP contribution in [0.5, 0.6) is 0 Å². The molecule has 0 spiro atoms. The molecule has 0 saturated heterocycles. The van der Waals surface area contributed by atoms with Gasteiger partial charge >= 0.3 is 0 Å². The number of imidazole rings is 1. The molecule has 0 bridgehead atoms. The van der Waals surface area contributed by atoms with Crippen LogP contribution in [0, 0.1) is 6.92 Å². The molecule has 1 amide bonds. The van der Waals surface area contributed by atoms with E-state index in [1.165, 1.54) is 0 Å². The normalized spacial score (nSPS) is 11.4. The van der Waals surface area contributed by atoms with Crippen LogP contribution in [0.15, 0.2) is 17.6 Å². The molecule has 0 atom stereocenters. The first-order chi connectivity index (χ1) is 10.0. The summed E-state index contributed by atoms with van der Waals surface area (Å²) in [6, 6.07) is 1.87. The van der Waals surface area contributed by atoms with E-state index < -0.39 is 0 Å². The van der Waals surface area contributed by atoms with Crippen LogP contribution in [0.1, 0.15) is 36.8 Å². The van der Waals surface area contributed by atoms with Gasteiger partial charge in [-0.2, -0.15) is 5.10 Å². The first-order valence-corrected chi connectivity index (χ1v) is 7.68. The number of thiazole rings is 1. The monoisotopic (exact) mass is 303 g/mol. The highest BCUT2D eigenvalue weighted by Gasteiger charge is 2.12. The van der Waals surface area contributed by atoms with Crippen LogP contribution in [-0.4, -0.2) is 25.5 Å². The predicted molar refractivity (Wildman–Crippen MR) is 82.8 cm³/mol. The fraction of sp³-hybridized carbons (Fsp3) is 0.357. The summed E-state index contributed by atoms with van der Waals surface area (Å²) in [6.45, 7) is 6.09. The van der Waals surface area contributed by atoms with Crippen LogP contribution in [0.25, 0.3) is 4.96 Å². The van der Waals surface area contributed by atoms with Crippen molar-refractivity contribution in [1.82, 2.24) is 19.6 Å². The second kappa shape index (κ2) is 5.33. The lowest BCUT2D eigenvalue weighted by Crippen LogP contribution is -2.15. The van der Waals surface area contributed by atoms with Gasteiger partial charge in [0.2, 0.25) is 5.91 Å². The van der Waals surface area contributed by atoms with E-state index in [2.05, 4.69) is 34.3 Å². The number of carbonyl (C=O) groups excluding carboxylic acids is 1. The van der Waals surface area contributed by atoms with Gasteiger partial charge in [0.25, 0.3) is 0 Å². The van der Waals surface area contributed by atoms with E-state index in [4.69, 9.17) is 0 Å². The molecule has 3 rings (SSSR count). The average Bonchev–Trinajstić information content (AvgIpc) is 3.07. The molecule has 0 fully saturated rings. The summed E-state index contributed by atoms with van der Waals surface area (Å²) < 4.78 is 1.96. The Bertz CT molecular complexity index is 782. The number of aromatic nitrogens is 4. The highest BCUT2D eigenvalue weighted by Crippen LogP contribution is 2.18. The first kappa shape index (κ1) is 13.8. The van der Waals surface area contributed by atoms with Gasteiger partial charge in [-0.3, -0.25) is 14.3 Å². The minimum atomic E-state index is -0.0807. The summed E-state index contributed by atoms with van der Waals surface area (Å²) in [4.78, 5) is 17.4. The number of hydrogen-bond acceptors (Lipinski definition) is 4. The van der Waals surface area contributed by atoms with Gasteiger partial charge in [0, 0.05) is 29.0 Å². The molecule has 0 aliphatic heterocycles. The molecule has 0 radical (unpaired) electrons. The third-order valence-electron chi connectivity index (χ3n) is 3.23. The second-order valence-corrected chi connectivity index (χ2v) is 6.19. The van der Waals surface area contributed by atoms with Gasteiger partial charge in [0.1, 0.15) is 0 Å². The van der Waals surface area contributed by atoms with Crippen molar-refractivity contribution in [1.29, 1.82) is 0 Å². The zero-order chi connectivity index (χ0) is 15.0. The molecule has 21 heavy (non-hydrogen) atoms. The molecule has 3 aromatic heterocycles. The van der Waals surface area contributed by atoms with E-state index in [9.17, 15) is 4.79 Å². The molecule has 110 valence electrons. The first-order valence-electron chi connectivity index (χ1n) is 6.80. The van der Waals surface area contributed by atoms with Crippen molar-refractivity contribution in [3.63, 3.8) is 0 Å². The number of carbonyl (C=O) groups is 1. The third-order valence-corrected chi connectivity index (χ3v) is 4.12. The molecule has 6 nitrogen and oxygen atoms in total. The molecule has 7 heteroatoms. The molecule has 0 aliphatic rings. The lowest BCUT2D eigenvalue weighted by Gasteiger charge is -2.01. The Kier molecular flexibility index (Phi) is 3.50. The van der Waals surface area contributed by atoms with Crippen molar-refractivity contribution in [2.75, 3.05) is 5.32 Å². The summed E-state index contributed by atoms with van der Waals surface area (Å²) in [5.41, 5.74) is 2.90. The number of aryl methyl sites for hydroxylation is 1. The summed E-state index contributed by atoms with van der Waals surface area (Å²) in [7, 11) is 0. The van der Waals surface area contributed by atoms with E-state index in [-0.39, 0.29) is 5.91 Å². The van der Waals surface area contributed by atoms with Gasteiger partial charge in [-0.05, 0) is 12.8 Å². The van der Waals surface area contributed by atoms with Gasteiger partial charge in [0.15, 0.2) is 10.8 Å². The van der Waals surface area contributed by atoms with Gasteiger partial charge in [-0.1, -0.05) is 13.8 Å². The lowest BCUT2D eigenvalue weighted by molar-refractivity contribution is -0.115. The van der Waals surface area contributed by atoms with Gasteiger partial charge in [0.05, 0.1) is 12.1 Å². The highest BCUT2D eigenvalue weighted by molar-refractivity contribution is 7.15. The number of nitrogens with zero attached hydrogens (tertiary/aromatic N) is 3. The zero-order valence-corrected chi connectivity index (χ0v) is 13.0. The fourth-order valence-electron chi connectivity index (χ4n) is 2.12. The minimum Gasteiger partial charge on any atom is -0.309 e. The molecule has 0 unspecified atom stereocenters. The molecule has 0 aromatic carbocycles. The quantitative estimate of drug-likeness (QED) is 0.778. The Balaban J connectivity index is 1.70. The average molecular weight is 303 g/mol. The second-order valence-electron chi connectivity index (χ2n) is 5.35. The molecule has 0 saturated carbocycles. The Labute approximate surface area is 126 Å². The fourth-order valence-corrected chi connectivity index (χ4v) is 3.04. The number of anilines is 1. The number of aromatic amines is 1. The topological polar surface area (TPSA) is 75.1 Å². The maximum atomic E-state index is 12.1. The number of hydrogen-bond donors (Lipinski definition) is 2. The van der Waals surface area contributed by atoms with Gasteiger partial charge < -0.3 is 5.32 Å². The summed E-state index contributed by atoms with van der Waals surface area (Å²) in [6.07, 6.45) is 2.25. The van der Waals surface area contributed by atoms with E-state index >= 15 is 0 Å². The molecule has 3 aromatic rings. The molecule has 3 heterocycles. The largest absolute Gasteiger partial charge is 0.309 e. The predicted octanol–water partition coefficient (Wildman–Crippen LogP) is 2.73. The van der Waals surface area contributed by atoms with Crippen LogP contribution in [0.2, 0.25) is 0 Å². The standard InChI is InChI=1S/C14H17N5OS/c1-8(2)11-5-12(18-17-11)16-13(20)4-10-7-21-14-15-9(3)6-19(10)14/h5-8H,4H2,1-3H3,(H2,16,17,18,20). The molecular formula is C14H17N5OS. The van der Waals surface area contributed by atoms with Crippen LogP contribution >= 0.6 is 11.3 Å². The summed E-state index contributed by atoms with van der Waals surface area (Å²) in [5, 5.41) is 11.8. The number of rotatable bonds is 4.